The maximum Gasteiger partial charge on any atom is 0.242 e. The monoisotopic (exact) mass is 425 g/mol. The van der Waals surface area contributed by atoms with Crippen molar-refractivity contribution in [2.75, 3.05) is 23.1 Å². The average Bonchev–Trinajstić information content (AvgIpc) is 2.67. The fraction of sp³-hybridized carbons (Fsp3) is 0.333. The van der Waals surface area contributed by atoms with Crippen molar-refractivity contribution in [3.05, 3.63) is 48.7 Å². The minimum absolute atomic E-state index is 0.134. The zero-order chi connectivity index (χ0) is 19.7. The van der Waals surface area contributed by atoms with Crippen molar-refractivity contribution < 1.29 is 13.2 Å². The van der Waals surface area contributed by atoms with E-state index in [1.165, 1.54) is 12.1 Å². The van der Waals surface area contributed by atoms with E-state index in [1.54, 1.807) is 54.0 Å². The second kappa shape index (κ2) is 10.7. The summed E-state index contributed by atoms with van der Waals surface area (Å²) in [6, 6.07) is 10.8. The van der Waals surface area contributed by atoms with Gasteiger partial charge in [-0.25, -0.2) is 13.4 Å². The number of amides is 1. The lowest BCUT2D eigenvalue weighted by Crippen LogP contribution is -2.44. The van der Waals surface area contributed by atoms with E-state index in [-0.39, 0.29) is 4.90 Å². The van der Waals surface area contributed by atoms with Crippen LogP contribution in [0.1, 0.15) is 13.3 Å². The van der Waals surface area contributed by atoms with Crippen molar-refractivity contribution in [2.24, 2.45) is 0 Å². The van der Waals surface area contributed by atoms with Crippen LogP contribution in [0.2, 0.25) is 0 Å². The largest absolute Gasteiger partial charge is 0.323 e. The summed E-state index contributed by atoms with van der Waals surface area (Å²) in [5, 5.41) is 3.62. The van der Waals surface area contributed by atoms with E-state index in [0.29, 0.717) is 17.9 Å². The van der Waals surface area contributed by atoms with Gasteiger partial charge in [0.1, 0.15) is 6.04 Å². The first kappa shape index (κ1) is 21.7. The molecule has 0 aliphatic rings. The van der Waals surface area contributed by atoms with Crippen molar-refractivity contribution in [3.8, 4) is 0 Å². The number of hydrogen-bond donors (Lipinski definition) is 2. The van der Waals surface area contributed by atoms with Gasteiger partial charge in [0.2, 0.25) is 15.9 Å². The Balaban J connectivity index is 2.11. The van der Waals surface area contributed by atoms with Gasteiger partial charge in [-0.15, -0.1) is 11.8 Å². The summed E-state index contributed by atoms with van der Waals surface area (Å²) >= 11 is 3.16. The van der Waals surface area contributed by atoms with E-state index >= 15 is 0 Å². The first-order chi connectivity index (χ1) is 13.0. The molecule has 0 saturated heterocycles. The first-order valence-corrected chi connectivity index (χ1v) is 12.3. The van der Waals surface area contributed by atoms with E-state index < -0.39 is 22.0 Å². The fourth-order valence-corrected chi connectivity index (χ4v) is 4.56. The third kappa shape index (κ3) is 6.84. The zero-order valence-corrected chi connectivity index (χ0v) is 17.7. The highest BCUT2D eigenvalue weighted by Crippen LogP contribution is 2.17. The Morgan fingerprint density at radius 1 is 1.19 bits per heavy atom. The number of hydrogen-bond acceptors (Lipinski definition) is 6. The Morgan fingerprint density at radius 2 is 1.93 bits per heavy atom. The highest BCUT2D eigenvalue weighted by atomic mass is 32.2. The van der Waals surface area contributed by atoms with Crippen molar-refractivity contribution in [1.82, 2.24) is 9.71 Å². The smallest absolute Gasteiger partial charge is 0.242 e. The highest BCUT2D eigenvalue weighted by Gasteiger charge is 2.25. The molecule has 1 atom stereocenters. The normalized spacial score (nSPS) is 12.5. The van der Waals surface area contributed by atoms with Crippen LogP contribution in [0.4, 0.5) is 5.69 Å². The topological polar surface area (TPSA) is 88.2 Å². The van der Waals surface area contributed by atoms with Crippen LogP contribution in [0.15, 0.2) is 58.6 Å². The van der Waals surface area contributed by atoms with Crippen LogP contribution in [0.3, 0.4) is 0 Å². The van der Waals surface area contributed by atoms with Crippen LogP contribution in [0, 0.1) is 0 Å². The number of nitrogens with zero attached hydrogens (tertiary/aromatic N) is 1. The summed E-state index contributed by atoms with van der Waals surface area (Å²) in [6.07, 6.45) is 3.87. The number of thioether (sulfide) groups is 2. The van der Waals surface area contributed by atoms with Gasteiger partial charge in [-0.05, 0) is 48.4 Å². The van der Waals surface area contributed by atoms with Crippen molar-refractivity contribution in [2.45, 2.75) is 29.3 Å². The molecule has 2 rings (SSSR count). The molecule has 0 fully saturated rings. The van der Waals surface area contributed by atoms with E-state index in [0.717, 1.165) is 10.8 Å². The summed E-state index contributed by atoms with van der Waals surface area (Å²) in [4.78, 5) is 17.1. The Hall–Kier alpha value is -1.55. The van der Waals surface area contributed by atoms with Gasteiger partial charge < -0.3 is 5.32 Å². The van der Waals surface area contributed by atoms with Gasteiger partial charge in [0.15, 0.2) is 0 Å². The van der Waals surface area contributed by atoms with Gasteiger partial charge in [0.25, 0.3) is 0 Å². The number of benzene rings is 1. The number of aromatic nitrogens is 1. The van der Waals surface area contributed by atoms with Crippen molar-refractivity contribution >= 4 is 45.1 Å². The number of pyridine rings is 1. The fourth-order valence-electron chi connectivity index (χ4n) is 2.25. The molecule has 146 valence electrons. The Morgan fingerprint density at radius 3 is 2.52 bits per heavy atom. The van der Waals surface area contributed by atoms with Gasteiger partial charge >= 0.3 is 0 Å². The molecule has 0 bridgehead atoms. The van der Waals surface area contributed by atoms with Gasteiger partial charge in [-0.3, -0.25) is 4.79 Å². The average molecular weight is 426 g/mol. The summed E-state index contributed by atoms with van der Waals surface area (Å²) in [7, 11) is -3.78. The van der Waals surface area contributed by atoms with Crippen molar-refractivity contribution in [3.63, 3.8) is 0 Å². The number of anilines is 1. The Labute approximate surface area is 169 Å². The number of carbonyl (C=O) groups excluding carboxylic acids is 1. The molecule has 0 aliphatic carbocycles. The molecule has 1 unspecified atom stereocenters. The van der Waals surface area contributed by atoms with Gasteiger partial charge in [0, 0.05) is 0 Å². The quantitative estimate of drug-likeness (QED) is 0.568. The lowest BCUT2D eigenvalue weighted by atomic mass is 10.2. The zero-order valence-electron chi connectivity index (χ0n) is 15.2. The SMILES string of the molecule is CCSc1ccc(NC(=O)C(CCSC)NS(=O)(=O)c2ccccc2)cn1. The minimum atomic E-state index is -3.78. The molecule has 0 radical (unpaired) electrons. The molecule has 1 aromatic heterocycles. The number of nitrogens with one attached hydrogen (secondary N) is 2. The third-order valence-corrected chi connectivity index (χ3v) is 6.53. The third-order valence-electron chi connectivity index (χ3n) is 3.57. The van der Waals surface area contributed by atoms with Crippen LogP contribution in [0.25, 0.3) is 0 Å². The van der Waals surface area contributed by atoms with E-state index in [1.807, 2.05) is 19.2 Å². The maximum atomic E-state index is 12.7. The molecular weight excluding hydrogens is 402 g/mol. The molecule has 2 aromatic rings. The van der Waals surface area contributed by atoms with Crippen LogP contribution in [-0.4, -0.2) is 43.1 Å². The molecule has 0 aliphatic heterocycles. The molecular formula is C18H23N3O3S3. The Kier molecular flexibility index (Phi) is 8.62. The standard InChI is InChI=1S/C18H23N3O3S3/c1-3-26-17-10-9-14(13-19-17)20-18(22)16(11-12-25-2)21-27(23,24)15-7-5-4-6-8-15/h4-10,13,16,21H,3,11-12H2,1-2H3,(H,20,22). The maximum absolute atomic E-state index is 12.7. The first-order valence-electron chi connectivity index (χ1n) is 8.42. The van der Waals surface area contributed by atoms with Crippen LogP contribution >= 0.6 is 23.5 Å². The highest BCUT2D eigenvalue weighted by molar-refractivity contribution is 7.99. The minimum Gasteiger partial charge on any atom is -0.323 e. The molecule has 9 heteroatoms. The van der Waals surface area contributed by atoms with Gasteiger partial charge in [0.05, 0.1) is 21.8 Å². The van der Waals surface area contributed by atoms with E-state index in [2.05, 4.69) is 15.0 Å². The molecule has 6 nitrogen and oxygen atoms in total. The number of rotatable bonds is 10. The van der Waals surface area contributed by atoms with Crippen LogP contribution in [0.5, 0.6) is 0 Å². The summed E-state index contributed by atoms with van der Waals surface area (Å²) in [5.41, 5.74) is 0.536. The predicted octanol–water partition coefficient (Wildman–Crippen LogP) is 3.23. The number of carbonyl (C=O) groups is 1. The Bertz CT molecular complexity index is 828. The van der Waals surface area contributed by atoms with Gasteiger partial charge in [-0.1, -0.05) is 25.1 Å². The molecule has 2 N–H and O–H groups in total. The number of sulfonamides is 1. The van der Waals surface area contributed by atoms with E-state index in [4.69, 9.17) is 0 Å². The molecule has 1 aromatic carbocycles. The van der Waals surface area contributed by atoms with E-state index in [9.17, 15) is 13.2 Å². The van der Waals surface area contributed by atoms with Crippen LogP contribution in [-0.2, 0) is 14.8 Å². The molecule has 0 spiro atoms. The molecule has 1 heterocycles. The van der Waals surface area contributed by atoms with Gasteiger partial charge in [-0.2, -0.15) is 16.5 Å². The summed E-state index contributed by atoms with van der Waals surface area (Å²) < 4.78 is 27.7. The van der Waals surface area contributed by atoms with Crippen LogP contribution < -0.4 is 10.0 Å². The molecule has 27 heavy (non-hydrogen) atoms. The summed E-state index contributed by atoms with van der Waals surface area (Å²) in [5.74, 6) is 1.16. The van der Waals surface area contributed by atoms with Crippen molar-refractivity contribution in [1.29, 1.82) is 0 Å². The predicted molar refractivity (Wildman–Crippen MR) is 113 cm³/mol. The lowest BCUT2D eigenvalue weighted by Gasteiger charge is -2.18. The lowest BCUT2D eigenvalue weighted by molar-refractivity contribution is -0.117. The second-order valence-electron chi connectivity index (χ2n) is 5.58. The summed E-state index contributed by atoms with van der Waals surface area (Å²) in [6.45, 7) is 2.04. The molecule has 1 amide bonds. The molecule has 0 saturated carbocycles. The second-order valence-corrected chi connectivity index (χ2v) is 9.56.